The number of halogens is 1. The number of benzene rings is 1. The van der Waals surface area contributed by atoms with Crippen LogP contribution in [0.1, 0.15) is 29.9 Å². The Morgan fingerprint density at radius 2 is 2.10 bits per heavy atom. The summed E-state index contributed by atoms with van der Waals surface area (Å²) in [5, 5.41) is 7.87. The number of methoxy groups -OCH3 is 1. The van der Waals surface area contributed by atoms with Crippen molar-refractivity contribution in [2.75, 3.05) is 14.2 Å². The maximum Gasteiger partial charge on any atom is 0.123 e. The summed E-state index contributed by atoms with van der Waals surface area (Å²) in [6.45, 7) is 4.75. The van der Waals surface area contributed by atoms with E-state index in [0.29, 0.717) is 11.6 Å². The molecule has 1 aromatic heterocycles. The fourth-order valence-electron chi connectivity index (χ4n) is 2.19. The van der Waals surface area contributed by atoms with Crippen molar-refractivity contribution in [1.29, 1.82) is 0 Å². The Hall–Kier alpha value is -1.52. The maximum atomic E-state index is 6.22. The number of H-pyrrole nitrogens is 1. The summed E-state index contributed by atoms with van der Waals surface area (Å²) in [5.74, 6) is 0.899. The number of hydrogen-bond acceptors (Lipinski definition) is 3. The van der Waals surface area contributed by atoms with Crippen molar-refractivity contribution >= 4 is 11.6 Å². The molecule has 108 valence electrons. The smallest absolute Gasteiger partial charge is 0.123 e. The van der Waals surface area contributed by atoms with Gasteiger partial charge in [-0.3, -0.25) is 10.00 Å². The summed E-state index contributed by atoms with van der Waals surface area (Å²) in [4.78, 5) is 2.19. The lowest BCUT2D eigenvalue weighted by atomic mass is 10.1. The number of aryl methyl sites for hydroxylation is 1. The molecule has 0 aliphatic heterocycles. The van der Waals surface area contributed by atoms with Crippen LogP contribution in [0.15, 0.2) is 24.3 Å². The molecule has 0 aliphatic rings. The molecule has 2 aromatic rings. The van der Waals surface area contributed by atoms with Gasteiger partial charge in [0.25, 0.3) is 0 Å². The number of aromatic nitrogens is 2. The van der Waals surface area contributed by atoms with Crippen molar-refractivity contribution in [3.8, 4) is 5.75 Å². The monoisotopic (exact) mass is 293 g/mol. The molecule has 1 heterocycles. The number of nitrogens with one attached hydrogen (secondary N) is 1. The average Bonchev–Trinajstić information content (AvgIpc) is 2.78. The van der Waals surface area contributed by atoms with Crippen LogP contribution in [0.2, 0.25) is 5.02 Å². The Labute approximate surface area is 124 Å². The van der Waals surface area contributed by atoms with E-state index in [4.69, 9.17) is 16.3 Å². The van der Waals surface area contributed by atoms with Gasteiger partial charge in [-0.25, -0.2) is 0 Å². The molecule has 5 heteroatoms. The summed E-state index contributed by atoms with van der Waals surface area (Å²) < 4.78 is 5.42. The van der Waals surface area contributed by atoms with Crippen LogP contribution in [0, 0.1) is 6.92 Å². The van der Waals surface area contributed by atoms with Crippen LogP contribution in [-0.4, -0.2) is 29.3 Å². The van der Waals surface area contributed by atoms with E-state index in [1.807, 2.05) is 25.1 Å². The van der Waals surface area contributed by atoms with E-state index in [1.165, 1.54) is 0 Å². The lowest BCUT2D eigenvalue weighted by Crippen LogP contribution is -2.22. The predicted molar refractivity (Wildman–Crippen MR) is 81.2 cm³/mol. The molecule has 1 unspecified atom stereocenters. The van der Waals surface area contributed by atoms with Gasteiger partial charge in [-0.05, 0) is 27.0 Å². The first-order valence-electron chi connectivity index (χ1n) is 6.57. The van der Waals surface area contributed by atoms with E-state index in [2.05, 4.69) is 35.1 Å². The molecule has 20 heavy (non-hydrogen) atoms. The Morgan fingerprint density at radius 3 is 2.70 bits per heavy atom. The second kappa shape index (κ2) is 6.29. The van der Waals surface area contributed by atoms with Crippen molar-refractivity contribution < 1.29 is 4.74 Å². The highest BCUT2D eigenvalue weighted by molar-refractivity contribution is 6.31. The van der Waals surface area contributed by atoms with Crippen LogP contribution in [0.5, 0.6) is 5.75 Å². The predicted octanol–water partition coefficient (Wildman–Crippen LogP) is 3.57. The fourth-order valence-corrected chi connectivity index (χ4v) is 2.34. The summed E-state index contributed by atoms with van der Waals surface area (Å²) >= 11 is 6.22. The van der Waals surface area contributed by atoms with Crippen molar-refractivity contribution in [1.82, 2.24) is 15.1 Å². The second-order valence-electron chi connectivity index (χ2n) is 4.94. The summed E-state index contributed by atoms with van der Waals surface area (Å²) in [6.07, 6.45) is 0. The zero-order valence-corrected chi connectivity index (χ0v) is 13.0. The molecule has 0 saturated heterocycles. The Balaban J connectivity index is 2.16. The van der Waals surface area contributed by atoms with Gasteiger partial charge in [-0.2, -0.15) is 5.10 Å². The number of aromatic amines is 1. The normalized spacial score (nSPS) is 12.7. The largest absolute Gasteiger partial charge is 0.496 e. The molecule has 4 nitrogen and oxygen atoms in total. The fraction of sp³-hybridized carbons (Fsp3) is 0.400. The number of hydrogen-bond donors (Lipinski definition) is 1. The van der Waals surface area contributed by atoms with E-state index < -0.39 is 0 Å². The summed E-state index contributed by atoms with van der Waals surface area (Å²) in [7, 11) is 3.75. The first-order valence-corrected chi connectivity index (χ1v) is 6.95. The van der Waals surface area contributed by atoms with Gasteiger partial charge in [0.15, 0.2) is 0 Å². The number of nitrogens with zero attached hydrogens (tertiary/aromatic N) is 2. The third-order valence-electron chi connectivity index (χ3n) is 3.59. The highest BCUT2D eigenvalue weighted by atomic mass is 35.5. The van der Waals surface area contributed by atoms with Gasteiger partial charge in [0, 0.05) is 18.2 Å². The molecule has 0 bridgehead atoms. The molecule has 0 radical (unpaired) electrons. The zero-order valence-electron chi connectivity index (χ0n) is 12.3. The van der Waals surface area contributed by atoms with Gasteiger partial charge in [0.1, 0.15) is 5.75 Å². The second-order valence-corrected chi connectivity index (χ2v) is 5.32. The first kappa shape index (κ1) is 14.9. The molecular weight excluding hydrogens is 274 g/mol. The van der Waals surface area contributed by atoms with Crippen LogP contribution in [0.3, 0.4) is 0 Å². The topological polar surface area (TPSA) is 41.1 Å². The van der Waals surface area contributed by atoms with Gasteiger partial charge >= 0.3 is 0 Å². The SMILES string of the molecule is COc1ccccc1C(C)N(C)Cc1n[nH]c(C)c1Cl. The molecule has 2 rings (SSSR count). The molecular formula is C15H20ClN3O. The van der Waals surface area contributed by atoms with Crippen LogP contribution in [-0.2, 0) is 6.54 Å². The lowest BCUT2D eigenvalue weighted by Gasteiger charge is -2.25. The van der Waals surface area contributed by atoms with Gasteiger partial charge < -0.3 is 4.74 Å². The molecule has 1 aromatic carbocycles. The summed E-state index contributed by atoms with van der Waals surface area (Å²) in [6, 6.07) is 8.26. The minimum absolute atomic E-state index is 0.208. The van der Waals surface area contributed by atoms with Crippen LogP contribution in [0.25, 0.3) is 0 Å². The van der Waals surface area contributed by atoms with Gasteiger partial charge in [0.05, 0.1) is 23.5 Å². The van der Waals surface area contributed by atoms with Crippen LogP contribution < -0.4 is 4.74 Å². The number of ether oxygens (including phenoxy) is 1. The first-order chi connectivity index (χ1) is 9.54. The average molecular weight is 294 g/mol. The third-order valence-corrected chi connectivity index (χ3v) is 4.09. The van der Waals surface area contributed by atoms with Crippen molar-refractivity contribution in [3.63, 3.8) is 0 Å². The molecule has 0 fully saturated rings. The van der Waals surface area contributed by atoms with E-state index in [9.17, 15) is 0 Å². The molecule has 1 N–H and O–H groups in total. The molecule has 1 atom stereocenters. The minimum atomic E-state index is 0.208. The van der Waals surface area contributed by atoms with Gasteiger partial charge in [-0.1, -0.05) is 29.8 Å². The number of para-hydroxylation sites is 1. The molecule has 0 saturated carbocycles. The zero-order chi connectivity index (χ0) is 14.7. The number of rotatable bonds is 5. The van der Waals surface area contributed by atoms with Crippen molar-refractivity contribution in [2.45, 2.75) is 26.4 Å². The van der Waals surface area contributed by atoms with Crippen molar-refractivity contribution in [2.24, 2.45) is 0 Å². The third kappa shape index (κ3) is 2.97. The van der Waals surface area contributed by atoms with Crippen molar-refractivity contribution in [3.05, 3.63) is 46.2 Å². The van der Waals surface area contributed by atoms with Crippen LogP contribution >= 0.6 is 11.6 Å². The van der Waals surface area contributed by atoms with Crippen LogP contribution in [0.4, 0.5) is 0 Å². The molecule has 0 spiro atoms. The maximum absolute atomic E-state index is 6.22. The van der Waals surface area contributed by atoms with Gasteiger partial charge in [-0.15, -0.1) is 0 Å². The molecule has 0 amide bonds. The van der Waals surface area contributed by atoms with E-state index in [-0.39, 0.29) is 6.04 Å². The van der Waals surface area contributed by atoms with E-state index >= 15 is 0 Å². The highest BCUT2D eigenvalue weighted by Gasteiger charge is 2.18. The Morgan fingerprint density at radius 1 is 1.40 bits per heavy atom. The Bertz CT molecular complexity index is 582. The van der Waals surface area contributed by atoms with Gasteiger partial charge in [0.2, 0.25) is 0 Å². The standard InChI is InChI=1S/C15H20ClN3O/c1-10-15(16)13(18-17-10)9-19(3)11(2)12-7-5-6-8-14(12)20-4/h5-8,11H,9H2,1-4H3,(H,17,18). The minimum Gasteiger partial charge on any atom is -0.496 e. The van der Waals surface area contributed by atoms with E-state index in [1.54, 1.807) is 7.11 Å². The molecule has 0 aliphatic carbocycles. The van der Waals surface area contributed by atoms with E-state index in [0.717, 1.165) is 22.7 Å². The highest BCUT2D eigenvalue weighted by Crippen LogP contribution is 2.29. The quantitative estimate of drug-likeness (QED) is 0.916. The Kier molecular flexibility index (Phi) is 4.68. The lowest BCUT2D eigenvalue weighted by molar-refractivity contribution is 0.244. The summed E-state index contributed by atoms with van der Waals surface area (Å²) in [5.41, 5.74) is 2.93.